The topological polar surface area (TPSA) is 59.9 Å². The smallest absolute Gasteiger partial charge is 0.247 e. The van der Waals surface area contributed by atoms with Gasteiger partial charge in [0, 0.05) is 27.0 Å². The van der Waals surface area contributed by atoms with Crippen LogP contribution in [-0.2, 0) is 0 Å². The number of anilines is 1. The number of halogens is 2. The third-order valence-electron chi connectivity index (χ3n) is 4.54. The van der Waals surface area contributed by atoms with Gasteiger partial charge >= 0.3 is 0 Å². The van der Waals surface area contributed by atoms with E-state index in [4.69, 9.17) is 4.74 Å². The molecule has 0 amide bonds. The molecule has 4 rings (SSSR count). The molecule has 0 bridgehead atoms. The highest BCUT2D eigenvalue weighted by atomic mass is 79.9. The molecule has 5 nitrogen and oxygen atoms in total. The van der Waals surface area contributed by atoms with E-state index >= 15 is 0 Å². The predicted octanol–water partition coefficient (Wildman–Crippen LogP) is 6.23. The Kier molecular flexibility index (Phi) is 6.30. The molecular weight excluding hydrogens is 455 g/mol. The van der Waals surface area contributed by atoms with E-state index in [1.165, 1.54) is 25.0 Å². The Bertz CT molecular complexity index is 1000. The Morgan fingerprint density at radius 2 is 1.97 bits per heavy atom. The van der Waals surface area contributed by atoms with Crippen LogP contribution in [0.3, 0.4) is 0 Å². The summed E-state index contributed by atoms with van der Waals surface area (Å²) in [4.78, 5) is 4.63. The highest BCUT2D eigenvalue weighted by molar-refractivity contribution is 9.10. The monoisotopic (exact) mass is 474 g/mol. The van der Waals surface area contributed by atoms with Gasteiger partial charge in [-0.25, -0.2) is 4.39 Å². The fourth-order valence-electron chi connectivity index (χ4n) is 3.04. The summed E-state index contributed by atoms with van der Waals surface area (Å²) in [5, 5.41) is 12.7. The van der Waals surface area contributed by atoms with Crippen molar-refractivity contribution in [3.63, 3.8) is 0 Å². The first-order valence-corrected chi connectivity index (χ1v) is 11.3. The SMILES string of the molecule is CCCCCSc1nnc2c(n1)O[C@@H](c1ccc(F)cc1)Nc1ccc(Br)cc1-2. The number of benzene rings is 2. The number of aromatic nitrogens is 3. The number of ether oxygens (including phenoxy) is 1. The summed E-state index contributed by atoms with van der Waals surface area (Å²) < 4.78 is 20.5. The molecule has 2 heterocycles. The minimum Gasteiger partial charge on any atom is -0.448 e. The van der Waals surface area contributed by atoms with Crippen LogP contribution >= 0.6 is 27.7 Å². The lowest BCUT2D eigenvalue weighted by Gasteiger charge is -2.19. The van der Waals surface area contributed by atoms with E-state index in [-0.39, 0.29) is 5.82 Å². The minimum absolute atomic E-state index is 0.290. The molecule has 0 aliphatic carbocycles. The lowest BCUT2D eigenvalue weighted by atomic mass is 10.1. The second kappa shape index (κ2) is 9.09. The van der Waals surface area contributed by atoms with Crippen molar-refractivity contribution < 1.29 is 9.13 Å². The molecule has 0 saturated carbocycles. The lowest BCUT2D eigenvalue weighted by molar-refractivity contribution is 0.225. The zero-order valence-corrected chi connectivity index (χ0v) is 18.3. The van der Waals surface area contributed by atoms with Gasteiger partial charge in [0.1, 0.15) is 5.82 Å². The van der Waals surface area contributed by atoms with Crippen molar-refractivity contribution in [3.05, 3.63) is 58.3 Å². The van der Waals surface area contributed by atoms with Crippen molar-refractivity contribution in [1.29, 1.82) is 0 Å². The second-order valence-corrected chi connectivity index (χ2v) is 8.67. The molecule has 0 saturated heterocycles. The van der Waals surface area contributed by atoms with Crippen LogP contribution in [0.1, 0.15) is 38.0 Å². The average molecular weight is 475 g/mol. The first kappa shape index (κ1) is 20.1. The number of hydrogen-bond donors (Lipinski definition) is 1. The van der Waals surface area contributed by atoms with E-state index in [0.29, 0.717) is 16.7 Å². The molecule has 2 aromatic carbocycles. The summed E-state index contributed by atoms with van der Waals surface area (Å²) in [6, 6.07) is 12.1. The Morgan fingerprint density at radius 1 is 1.14 bits per heavy atom. The summed E-state index contributed by atoms with van der Waals surface area (Å²) in [7, 11) is 0. The van der Waals surface area contributed by atoms with E-state index < -0.39 is 6.23 Å². The number of fused-ring (bicyclic) bond motifs is 3. The van der Waals surface area contributed by atoms with E-state index in [0.717, 1.165) is 33.5 Å². The average Bonchev–Trinajstić information content (AvgIpc) is 2.88. The maximum Gasteiger partial charge on any atom is 0.247 e. The zero-order valence-electron chi connectivity index (χ0n) is 15.9. The third-order valence-corrected chi connectivity index (χ3v) is 5.96. The summed E-state index contributed by atoms with van der Waals surface area (Å²) in [5.74, 6) is 1.06. The van der Waals surface area contributed by atoms with Gasteiger partial charge < -0.3 is 10.1 Å². The molecule has 1 N–H and O–H groups in total. The Hall–Kier alpha value is -2.19. The van der Waals surface area contributed by atoms with Crippen LogP contribution < -0.4 is 10.1 Å². The van der Waals surface area contributed by atoms with Crippen molar-refractivity contribution >= 4 is 33.4 Å². The first-order valence-electron chi connectivity index (χ1n) is 9.50. The molecule has 29 heavy (non-hydrogen) atoms. The molecule has 1 aliphatic rings. The minimum atomic E-state index is -0.522. The van der Waals surface area contributed by atoms with Crippen LogP contribution in [0.25, 0.3) is 11.3 Å². The zero-order chi connectivity index (χ0) is 20.2. The Balaban J connectivity index is 1.70. The second-order valence-electron chi connectivity index (χ2n) is 6.69. The highest BCUT2D eigenvalue weighted by Gasteiger charge is 2.26. The van der Waals surface area contributed by atoms with Gasteiger partial charge in [0.25, 0.3) is 0 Å². The van der Waals surface area contributed by atoms with Crippen LogP contribution in [0.2, 0.25) is 0 Å². The van der Waals surface area contributed by atoms with E-state index in [1.807, 2.05) is 18.2 Å². The molecule has 1 atom stereocenters. The van der Waals surface area contributed by atoms with Gasteiger partial charge in [-0.3, -0.25) is 0 Å². The standard InChI is InChI=1S/C21H20BrFN4OS/c1-2-3-4-11-29-21-25-20-18(26-27-21)16-12-14(22)7-10-17(16)24-19(28-20)13-5-8-15(23)9-6-13/h5-10,12,19,24H,2-4,11H2,1H3/t19-/m0/s1. The molecule has 0 unspecified atom stereocenters. The number of hydrogen-bond acceptors (Lipinski definition) is 6. The van der Waals surface area contributed by atoms with Crippen molar-refractivity contribution in [2.45, 2.75) is 37.6 Å². The summed E-state index contributed by atoms with van der Waals surface area (Å²) in [6.07, 6.45) is 2.94. The number of thioether (sulfide) groups is 1. The van der Waals surface area contributed by atoms with Gasteiger partial charge in [-0.2, -0.15) is 4.98 Å². The van der Waals surface area contributed by atoms with E-state index in [2.05, 4.69) is 43.4 Å². The Labute approximate surface area is 181 Å². The van der Waals surface area contributed by atoms with Gasteiger partial charge in [-0.15, -0.1) is 10.2 Å². The summed E-state index contributed by atoms with van der Waals surface area (Å²) in [5.41, 5.74) is 3.07. The van der Waals surface area contributed by atoms with Crippen LogP contribution in [0.5, 0.6) is 5.88 Å². The maximum absolute atomic E-state index is 13.4. The predicted molar refractivity (Wildman–Crippen MR) is 117 cm³/mol. The van der Waals surface area contributed by atoms with E-state index in [1.54, 1.807) is 23.9 Å². The van der Waals surface area contributed by atoms with Gasteiger partial charge in [0.15, 0.2) is 11.9 Å². The molecule has 1 aliphatic heterocycles. The van der Waals surface area contributed by atoms with Crippen LogP contribution in [-0.4, -0.2) is 20.9 Å². The van der Waals surface area contributed by atoms with Crippen molar-refractivity contribution in [2.24, 2.45) is 0 Å². The quantitative estimate of drug-likeness (QED) is 0.337. The van der Waals surface area contributed by atoms with E-state index in [9.17, 15) is 4.39 Å². The van der Waals surface area contributed by atoms with Gasteiger partial charge in [0.2, 0.25) is 11.0 Å². The molecule has 0 fully saturated rings. The maximum atomic E-state index is 13.4. The molecule has 0 radical (unpaired) electrons. The summed E-state index contributed by atoms with van der Waals surface area (Å²) >= 11 is 5.10. The molecule has 150 valence electrons. The highest BCUT2D eigenvalue weighted by Crippen LogP contribution is 2.40. The number of rotatable bonds is 6. The normalized spacial score (nSPS) is 14.9. The third kappa shape index (κ3) is 4.70. The van der Waals surface area contributed by atoms with Gasteiger partial charge in [0.05, 0.1) is 0 Å². The summed E-state index contributed by atoms with van der Waals surface area (Å²) in [6.45, 7) is 2.18. The number of unbranched alkanes of at least 4 members (excludes halogenated alkanes) is 2. The van der Waals surface area contributed by atoms with Gasteiger partial charge in [-0.05, 0) is 36.8 Å². The Morgan fingerprint density at radius 3 is 2.76 bits per heavy atom. The lowest BCUT2D eigenvalue weighted by Crippen LogP contribution is -2.17. The van der Waals surface area contributed by atoms with Crippen LogP contribution in [0.4, 0.5) is 10.1 Å². The molecule has 1 aromatic heterocycles. The molecule has 3 aromatic rings. The molecule has 8 heteroatoms. The van der Waals surface area contributed by atoms with Gasteiger partial charge in [-0.1, -0.05) is 59.6 Å². The molecule has 0 spiro atoms. The molecular formula is C21H20BrFN4OS. The van der Waals surface area contributed by atoms with Crippen molar-refractivity contribution in [1.82, 2.24) is 15.2 Å². The number of nitrogens with zero attached hydrogens (tertiary/aromatic N) is 3. The van der Waals surface area contributed by atoms with Crippen LogP contribution in [0, 0.1) is 5.82 Å². The van der Waals surface area contributed by atoms with Crippen LogP contribution in [0.15, 0.2) is 52.1 Å². The van der Waals surface area contributed by atoms with Crippen molar-refractivity contribution in [2.75, 3.05) is 11.1 Å². The van der Waals surface area contributed by atoms with Crippen molar-refractivity contribution in [3.8, 4) is 17.1 Å². The first-order chi connectivity index (χ1) is 14.1. The number of nitrogens with one attached hydrogen (secondary N) is 1. The fourth-order valence-corrected chi connectivity index (χ4v) is 4.17. The fraction of sp³-hybridized carbons (Fsp3) is 0.286. The largest absolute Gasteiger partial charge is 0.448 e.